The number of carbonyl (C=O) groups excluding carboxylic acids is 1. The van der Waals surface area contributed by atoms with Crippen molar-refractivity contribution >= 4 is 34.9 Å². The van der Waals surface area contributed by atoms with Crippen molar-refractivity contribution in [1.29, 1.82) is 0 Å². The maximum Gasteiger partial charge on any atom is 0.319 e. The summed E-state index contributed by atoms with van der Waals surface area (Å²) >= 11 is 11.8. The Labute approximate surface area is 143 Å². The van der Waals surface area contributed by atoms with E-state index in [0.717, 1.165) is 0 Å². The van der Waals surface area contributed by atoms with Crippen molar-refractivity contribution in [3.05, 3.63) is 40.1 Å². The van der Waals surface area contributed by atoms with E-state index in [-0.39, 0.29) is 11.6 Å². The van der Waals surface area contributed by atoms with E-state index in [0.29, 0.717) is 22.0 Å². The third-order valence-corrected chi connectivity index (χ3v) is 3.78. The zero-order chi connectivity index (χ0) is 17.0. The first-order valence-corrected chi connectivity index (χ1v) is 7.40. The van der Waals surface area contributed by atoms with Gasteiger partial charge < -0.3 is 20.5 Å². The lowest BCUT2D eigenvalue weighted by atomic mass is 10.2. The Balaban J connectivity index is 1.96. The molecule has 0 spiro atoms. The number of aliphatic hydroxyl groups excluding tert-OH is 1. The van der Waals surface area contributed by atoms with E-state index >= 15 is 0 Å². The molecule has 0 saturated heterocycles. The second-order valence-corrected chi connectivity index (χ2v) is 5.58. The topological polar surface area (TPSA) is 88.4 Å². The van der Waals surface area contributed by atoms with Crippen LogP contribution in [0.25, 0.3) is 0 Å². The van der Waals surface area contributed by atoms with Gasteiger partial charge in [-0.05, 0) is 6.07 Å². The van der Waals surface area contributed by atoms with E-state index in [2.05, 4.69) is 15.7 Å². The van der Waals surface area contributed by atoms with Crippen LogP contribution in [0, 0.1) is 0 Å². The van der Waals surface area contributed by atoms with E-state index in [4.69, 9.17) is 27.9 Å². The number of nitrogens with zero attached hydrogens (tertiary/aromatic N) is 2. The van der Waals surface area contributed by atoms with Crippen molar-refractivity contribution in [2.24, 2.45) is 7.05 Å². The summed E-state index contributed by atoms with van der Waals surface area (Å²) in [6.45, 7) is 0.0289. The van der Waals surface area contributed by atoms with Crippen molar-refractivity contribution < 1.29 is 14.6 Å². The van der Waals surface area contributed by atoms with Gasteiger partial charge in [0.25, 0.3) is 0 Å². The molecule has 7 nitrogen and oxygen atoms in total. The van der Waals surface area contributed by atoms with Crippen molar-refractivity contribution in [1.82, 2.24) is 15.1 Å². The van der Waals surface area contributed by atoms with Crippen molar-refractivity contribution in [3.63, 3.8) is 0 Å². The highest BCUT2D eigenvalue weighted by molar-refractivity contribution is 6.42. The van der Waals surface area contributed by atoms with Gasteiger partial charge in [0.2, 0.25) is 0 Å². The minimum absolute atomic E-state index is 0.0289. The summed E-state index contributed by atoms with van der Waals surface area (Å²) in [5, 5.41) is 19.7. The predicted octanol–water partition coefficient (Wildman–Crippen LogP) is 2.59. The number of anilines is 1. The van der Waals surface area contributed by atoms with Gasteiger partial charge in [-0.15, -0.1) is 0 Å². The lowest BCUT2D eigenvalue weighted by molar-refractivity contribution is 0.175. The Bertz CT molecular complexity index is 705. The van der Waals surface area contributed by atoms with Gasteiger partial charge in [0.15, 0.2) is 0 Å². The second-order valence-electron chi connectivity index (χ2n) is 4.76. The van der Waals surface area contributed by atoms with Crippen LogP contribution in [0.4, 0.5) is 10.5 Å². The SMILES string of the molecule is COc1cc(Cl)c(Cl)cc1NC(=O)NCC(O)c1cnn(C)c1. The second kappa shape index (κ2) is 7.54. The number of benzene rings is 1. The first-order valence-electron chi connectivity index (χ1n) is 6.65. The molecule has 0 radical (unpaired) electrons. The number of methoxy groups -OCH3 is 1. The number of amides is 2. The Morgan fingerprint density at radius 1 is 1.43 bits per heavy atom. The van der Waals surface area contributed by atoms with Crippen LogP contribution in [0.2, 0.25) is 10.0 Å². The molecule has 3 N–H and O–H groups in total. The summed E-state index contributed by atoms with van der Waals surface area (Å²) in [7, 11) is 3.20. The number of hydrogen-bond donors (Lipinski definition) is 3. The molecule has 9 heteroatoms. The number of rotatable bonds is 5. The molecule has 2 aromatic rings. The summed E-state index contributed by atoms with van der Waals surface area (Å²) < 4.78 is 6.70. The third kappa shape index (κ3) is 4.51. The van der Waals surface area contributed by atoms with Crippen LogP contribution in [-0.2, 0) is 7.05 Å². The quantitative estimate of drug-likeness (QED) is 0.766. The Kier molecular flexibility index (Phi) is 5.70. The van der Waals surface area contributed by atoms with Gasteiger partial charge in [-0.3, -0.25) is 4.68 Å². The molecule has 0 saturated carbocycles. The average molecular weight is 359 g/mol. The normalized spacial score (nSPS) is 11.9. The van der Waals surface area contributed by atoms with E-state index in [1.807, 2.05) is 0 Å². The van der Waals surface area contributed by atoms with Gasteiger partial charge in [0.05, 0.1) is 35.1 Å². The molecule has 2 amide bonds. The zero-order valence-electron chi connectivity index (χ0n) is 12.5. The van der Waals surface area contributed by atoms with Crippen LogP contribution in [0.15, 0.2) is 24.5 Å². The minimum Gasteiger partial charge on any atom is -0.495 e. The van der Waals surface area contributed by atoms with Crippen LogP contribution in [-0.4, -0.2) is 34.6 Å². The smallest absolute Gasteiger partial charge is 0.319 e. The molecule has 1 heterocycles. The number of nitrogens with one attached hydrogen (secondary N) is 2. The Hall–Kier alpha value is -1.96. The van der Waals surface area contributed by atoms with E-state index in [9.17, 15) is 9.90 Å². The zero-order valence-corrected chi connectivity index (χ0v) is 14.0. The molecule has 124 valence electrons. The fraction of sp³-hybridized carbons (Fsp3) is 0.286. The van der Waals surface area contributed by atoms with Crippen LogP contribution >= 0.6 is 23.2 Å². The van der Waals surface area contributed by atoms with Gasteiger partial charge in [0.1, 0.15) is 5.75 Å². The fourth-order valence-corrected chi connectivity index (χ4v) is 2.20. The Morgan fingerprint density at radius 3 is 2.74 bits per heavy atom. The highest BCUT2D eigenvalue weighted by Crippen LogP contribution is 2.34. The van der Waals surface area contributed by atoms with Crippen LogP contribution < -0.4 is 15.4 Å². The van der Waals surface area contributed by atoms with Crippen molar-refractivity contribution in [2.45, 2.75) is 6.10 Å². The van der Waals surface area contributed by atoms with Crippen molar-refractivity contribution in [2.75, 3.05) is 19.0 Å². The molecular formula is C14H16Cl2N4O3. The maximum absolute atomic E-state index is 11.9. The maximum atomic E-state index is 11.9. The van der Waals surface area contributed by atoms with Gasteiger partial charge in [0, 0.05) is 31.4 Å². The molecule has 0 aliphatic heterocycles. The summed E-state index contributed by atoms with van der Waals surface area (Å²) in [5.41, 5.74) is 0.982. The van der Waals surface area contributed by atoms with E-state index in [1.165, 1.54) is 25.4 Å². The fourth-order valence-electron chi connectivity index (χ4n) is 1.88. The molecule has 23 heavy (non-hydrogen) atoms. The highest BCUT2D eigenvalue weighted by atomic mass is 35.5. The number of aryl methyl sites for hydroxylation is 1. The molecular weight excluding hydrogens is 343 g/mol. The number of halogens is 2. The molecule has 0 aliphatic rings. The molecule has 1 atom stereocenters. The number of aliphatic hydroxyl groups is 1. The van der Waals surface area contributed by atoms with Gasteiger partial charge in [-0.25, -0.2) is 4.79 Å². The monoisotopic (exact) mass is 358 g/mol. The number of urea groups is 1. The molecule has 0 aliphatic carbocycles. The summed E-state index contributed by atoms with van der Waals surface area (Å²) in [6, 6.07) is 2.48. The molecule has 1 aromatic carbocycles. The van der Waals surface area contributed by atoms with Gasteiger partial charge in [-0.1, -0.05) is 23.2 Å². The lowest BCUT2D eigenvalue weighted by Gasteiger charge is -2.14. The molecule has 2 rings (SSSR count). The number of carbonyl (C=O) groups is 1. The molecule has 0 fully saturated rings. The first-order chi connectivity index (χ1) is 10.9. The Morgan fingerprint density at radius 2 is 2.13 bits per heavy atom. The van der Waals surface area contributed by atoms with E-state index < -0.39 is 12.1 Å². The van der Waals surface area contributed by atoms with Crippen LogP contribution in [0.3, 0.4) is 0 Å². The summed E-state index contributed by atoms with van der Waals surface area (Å²) in [4.78, 5) is 11.9. The average Bonchev–Trinajstić information content (AvgIpc) is 2.95. The predicted molar refractivity (Wildman–Crippen MR) is 88.2 cm³/mol. The number of hydrogen-bond acceptors (Lipinski definition) is 4. The van der Waals surface area contributed by atoms with Gasteiger partial charge in [-0.2, -0.15) is 5.10 Å². The lowest BCUT2D eigenvalue weighted by Crippen LogP contribution is -2.32. The number of ether oxygens (including phenoxy) is 1. The number of aromatic nitrogens is 2. The van der Waals surface area contributed by atoms with Gasteiger partial charge >= 0.3 is 6.03 Å². The molecule has 1 unspecified atom stereocenters. The standard InChI is InChI=1S/C14H16Cl2N4O3/c1-20-7-8(5-18-20)12(21)6-17-14(22)19-11-3-9(15)10(16)4-13(11)23-2/h3-5,7,12,21H,6H2,1-2H3,(H2,17,19,22). The minimum atomic E-state index is -0.856. The van der Waals surface area contributed by atoms with Crippen LogP contribution in [0.1, 0.15) is 11.7 Å². The summed E-state index contributed by atoms with van der Waals surface area (Å²) in [6.07, 6.45) is 2.35. The van der Waals surface area contributed by atoms with Crippen LogP contribution in [0.5, 0.6) is 5.75 Å². The third-order valence-electron chi connectivity index (χ3n) is 3.06. The summed E-state index contributed by atoms with van der Waals surface area (Å²) in [5.74, 6) is 0.377. The van der Waals surface area contributed by atoms with Crippen molar-refractivity contribution in [3.8, 4) is 5.75 Å². The first kappa shape index (κ1) is 17.4. The highest BCUT2D eigenvalue weighted by Gasteiger charge is 2.14. The molecule has 0 bridgehead atoms. The molecule has 1 aromatic heterocycles. The van der Waals surface area contributed by atoms with E-state index in [1.54, 1.807) is 17.9 Å². The largest absolute Gasteiger partial charge is 0.495 e.